The lowest BCUT2D eigenvalue weighted by Gasteiger charge is -2.30. The second kappa shape index (κ2) is 5.39. The van der Waals surface area contributed by atoms with Crippen molar-refractivity contribution in [3.8, 4) is 0 Å². The van der Waals surface area contributed by atoms with Crippen molar-refractivity contribution < 1.29 is 0 Å². The zero-order valence-corrected chi connectivity index (χ0v) is 13.2. The number of fused-ring (bicyclic) bond motifs is 1. The van der Waals surface area contributed by atoms with E-state index in [0.717, 1.165) is 6.54 Å². The van der Waals surface area contributed by atoms with Gasteiger partial charge in [-0.1, -0.05) is 19.9 Å². The molecule has 3 rings (SSSR count). The molecule has 0 saturated heterocycles. The van der Waals surface area contributed by atoms with Crippen LogP contribution in [0.25, 0.3) is 0 Å². The predicted octanol–water partition coefficient (Wildman–Crippen LogP) is 4.75. The van der Waals surface area contributed by atoms with Gasteiger partial charge in [-0.15, -0.1) is 22.7 Å². The third-order valence-electron chi connectivity index (χ3n) is 4.03. The summed E-state index contributed by atoms with van der Waals surface area (Å²) in [6.07, 6.45) is 3.88. The van der Waals surface area contributed by atoms with Crippen LogP contribution in [0, 0.1) is 0 Å². The van der Waals surface area contributed by atoms with E-state index in [1.165, 1.54) is 24.1 Å². The highest BCUT2D eigenvalue weighted by Gasteiger charge is 2.26. The van der Waals surface area contributed by atoms with E-state index in [9.17, 15) is 0 Å². The van der Waals surface area contributed by atoms with Crippen LogP contribution in [-0.2, 0) is 11.8 Å². The maximum absolute atomic E-state index is 3.81. The lowest BCUT2D eigenvalue weighted by Crippen LogP contribution is -2.35. The van der Waals surface area contributed by atoms with Crippen molar-refractivity contribution in [2.75, 3.05) is 6.54 Å². The summed E-state index contributed by atoms with van der Waals surface area (Å²) >= 11 is 3.79. The number of rotatable bonds is 4. The average Bonchev–Trinajstić information content (AvgIpc) is 3.07. The minimum Gasteiger partial charge on any atom is -0.309 e. The molecule has 1 aliphatic carbocycles. The van der Waals surface area contributed by atoms with Gasteiger partial charge in [-0.25, -0.2) is 0 Å². The first-order valence-electron chi connectivity index (χ1n) is 7.00. The van der Waals surface area contributed by atoms with E-state index in [4.69, 9.17) is 0 Å². The Kier molecular flexibility index (Phi) is 3.79. The SMILES string of the molecule is CC(C)(CNC1CCCc2sccc21)c1cccs1. The zero-order chi connectivity index (χ0) is 13.3. The van der Waals surface area contributed by atoms with E-state index in [1.807, 2.05) is 22.7 Å². The molecule has 102 valence electrons. The Morgan fingerprint density at radius 3 is 2.95 bits per heavy atom. The number of aryl methyl sites for hydroxylation is 1. The van der Waals surface area contributed by atoms with Crippen LogP contribution in [0.1, 0.15) is 48.0 Å². The summed E-state index contributed by atoms with van der Waals surface area (Å²) < 4.78 is 0. The van der Waals surface area contributed by atoms with Crippen LogP contribution < -0.4 is 5.32 Å². The summed E-state index contributed by atoms with van der Waals surface area (Å²) in [4.78, 5) is 3.07. The third-order valence-corrected chi connectivity index (χ3v) is 6.26. The van der Waals surface area contributed by atoms with Gasteiger partial charge in [0.15, 0.2) is 0 Å². The van der Waals surface area contributed by atoms with E-state index in [-0.39, 0.29) is 5.41 Å². The summed E-state index contributed by atoms with van der Waals surface area (Å²) in [6.45, 7) is 5.72. The summed E-state index contributed by atoms with van der Waals surface area (Å²) in [5.74, 6) is 0. The first-order chi connectivity index (χ1) is 9.17. The normalized spacial score (nSPS) is 19.4. The second-order valence-corrected chi connectivity index (χ2v) is 7.93. The average molecular weight is 291 g/mol. The van der Waals surface area contributed by atoms with Gasteiger partial charge in [0.1, 0.15) is 0 Å². The Morgan fingerprint density at radius 2 is 2.16 bits per heavy atom. The molecule has 1 nitrogen and oxygen atoms in total. The maximum Gasteiger partial charge on any atom is 0.0331 e. The smallest absolute Gasteiger partial charge is 0.0331 e. The largest absolute Gasteiger partial charge is 0.309 e. The molecule has 2 aromatic heterocycles. The number of thiophene rings is 2. The highest BCUT2D eigenvalue weighted by Crippen LogP contribution is 2.34. The number of nitrogens with one attached hydrogen (secondary N) is 1. The fourth-order valence-corrected chi connectivity index (χ4v) is 4.67. The highest BCUT2D eigenvalue weighted by molar-refractivity contribution is 7.10. The molecule has 1 aliphatic rings. The molecule has 3 heteroatoms. The van der Waals surface area contributed by atoms with E-state index < -0.39 is 0 Å². The predicted molar refractivity (Wildman–Crippen MR) is 85.3 cm³/mol. The van der Waals surface area contributed by atoms with Gasteiger partial charge in [0, 0.05) is 27.8 Å². The third kappa shape index (κ3) is 2.78. The standard InChI is InChI=1S/C16H21NS2/c1-16(2,15-7-4-9-19-15)11-17-13-5-3-6-14-12(13)8-10-18-14/h4,7-10,13,17H,3,5-6,11H2,1-2H3. The van der Waals surface area contributed by atoms with Crippen molar-refractivity contribution in [3.05, 3.63) is 44.3 Å². The lowest BCUT2D eigenvalue weighted by atomic mass is 9.89. The summed E-state index contributed by atoms with van der Waals surface area (Å²) in [5.41, 5.74) is 1.78. The van der Waals surface area contributed by atoms with Crippen LogP contribution in [0.4, 0.5) is 0 Å². The van der Waals surface area contributed by atoms with Gasteiger partial charge in [-0.3, -0.25) is 0 Å². The Morgan fingerprint density at radius 1 is 1.26 bits per heavy atom. The van der Waals surface area contributed by atoms with Gasteiger partial charge in [-0.2, -0.15) is 0 Å². The van der Waals surface area contributed by atoms with Crippen molar-refractivity contribution in [1.82, 2.24) is 5.32 Å². The monoisotopic (exact) mass is 291 g/mol. The minimum absolute atomic E-state index is 0.224. The van der Waals surface area contributed by atoms with Crippen LogP contribution in [0.5, 0.6) is 0 Å². The summed E-state index contributed by atoms with van der Waals surface area (Å²) in [7, 11) is 0. The fraction of sp³-hybridized carbons (Fsp3) is 0.500. The van der Waals surface area contributed by atoms with Crippen LogP contribution in [0.2, 0.25) is 0 Å². The van der Waals surface area contributed by atoms with Gasteiger partial charge >= 0.3 is 0 Å². The topological polar surface area (TPSA) is 12.0 Å². The summed E-state index contributed by atoms with van der Waals surface area (Å²) in [5, 5.41) is 8.23. The van der Waals surface area contributed by atoms with Gasteiger partial charge in [0.05, 0.1) is 0 Å². The number of hydrogen-bond donors (Lipinski definition) is 1. The molecule has 1 N–H and O–H groups in total. The summed E-state index contributed by atoms with van der Waals surface area (Å²) in [6, 6.07) is 7.28. The van der Waals surface area contributed by atoms with Crippen LogP contribution in [0.3, 0.4) is 0 Å². The molecule has 0 radical (unpaired) electrons. The van der Waals surface area contributed by atoms with Crippen LogP contribution in [-0.4, -0.2) is 6.54 Å². The van der Waals surface area contributed by atoms with E-state index >= 15 is 0 Å². The minimum atomic E-state index is 0.224. The highest BCUT2D eigenvalue weighted by atomic mass is 32.1. The molecule has 0 spiro atoms. The molecular weight excluding hydrogens is 270 g/mol. The molecule has 19 heavy (non-hydrogen) atoms. The number of hydrogen-bond acceptors (Lipinski definition) is 3. The molecule has 0 fully saturated rings. The van der Waals surface area contributed by atoms with Crippen molar-refractivity contribution >= 4 is 22.7 Å². The molecule has 0 aliphatic heterocycles. The fourth-order valence-electron chi connectivity index (χ4n) is 2.83. The molecule has 0 aromatic carbocycles. The quantitative estimate of drug-likeness (QED) is 0.857. The molecular formula is C16H21NS2. The zero-order valence-electron chi connectivity index (χ0n) is 11.6. The van der Waals surface area contributed by atoms with E-state index in [0.29, 0.717) is 6.04 Å². The van der Waals surface area contributed by atoms with Crippen molar-refractivity contribution in [2.45, 2.75) is 44.6 Å². The Bertz CT molecular complexity index is 525. The van der Waals surface area contributed by atoms with E-state index in [1.54, 1.807) is 10.4 Å². The van der Waals surface area contributed by atoms with Gasteiger partial charge in [0.2, 0.25) is 0 Å². The van der Waals surface area contributed by atoms with Crippen molar-refractivity contribution in [3.63, 3.8) is 0 Å². The first-order valence-corrected chi connectivity index (χ1v) is 8.76. The molecule has 2 heterocycles. The second-order valence-electron chi connectivity index (χ2n) is 5.99. The van der Waals surface area contributed by atoms with Gasteiger partial charge in [0.25, 0.3) is 0 Å². The van der Waals surface area contributed by atoms with Gasteiger partial charge in [-0.05, 0) is 47.7 Å². The Labute approximate surface area is 123 Å². The molecule has 0 saturated carbocycles. The van der Waals surface area contributed by atoms with Gasteiger partial charge < -0.3 is 5.32 Å². The molecule has 1 atom stereocenters. The van der Waals surface area contributed by atoms with Crippen LogP contribution in [0.15, 0.2) is 29.0 Å². The lowest BCUT2D eigenvalue weighted by molar-refractivity contribution is 0.398. The maximum atomic E-state index is 3.81. The Hall–Kier alpha value is -0.640. The Balaban J connectivity index is 1.68. The van der Waals surface area contributed by atoms with E-state index in [2.05, 4.69) is 48.1 Å². The first kappa shape index (κ1) is 13.3. The molecule has 0 amide bonds. The molecule has 0 bridgehead atoms. The van der Waals surface area contributed by atoms with Crippen molar-refractivity contribution in [2.24, 2.45) is 0 Å². The molecule has 1 unspecified atom stereocenters. The van der Waals surface area contributed by atoms with Crippen LogP contribution >= 0.6 is 22.7 Å². The van der Waals surface area contributed by atoms with Crippen molar-refractivity contribution in [1.29, 1.82) is 0 Å². The molecule has 2 aromatic rings.